The summed E-state index contributed by atoms with van der Waals surface area (Å²) in [6.45, 7) is 0. The van der Waals surface area contributed by atoms with Gasteiger partial charge in [-0.15, -0.1) is 0 Å². The minimum absolute atomic E-state index is 0. The second-order valence-corrected chi connectivity index (χ2v) is 1.01. The standard InChI is InChI=1S/C4H4O4.Sn/c5-3(6)1-2-4(7)8;/h1-2H,(H,5,6)(H,7,8);/b2-1-;. The van der Waals surface area contributed by atoms with E-state index in [0.29, 0.717) is 12.2 Å². The van der Waals surface area contributed by atoms with Crippen LogP contribution in [0.25, 0.3) is 0 Å². The molecule has 0 aliphatic carbocycles. The van der Waals surface area contributed by atoms with Crippen LogP contribution in [-0.2, 0) is 9.59 Å². The predicted molar refractivity (Wildman–Crippen MR) is 30.2 cm³/mol. The molecule has 0 spiro atoms. The van der Waals surface area contributed by atoms with Crippen LogP contribution in [0.4, 0.5) is 0 Å². The van der Waals surface area contributed by atoms with Crippen LogP contribution >= 0.6 is 0 Å². The number of carboxylic acids is 2. The van der Waals surface area contributed by atoms with Gasteiger partial charge in [0, 0.05) is 36.1 Å². The SMILES string of the molecule is O=C(O)/C=C\C(=O)O.[Sn]. The Kier molecular flexibility index (Phi) is 7.05. The second kappa shape index (κ2) is 5.61. The van der Waals surface area contributed by atoms with Crippen molar-refractivity contribution in [3.63, 3.8) is 0 Å². The van der Waals surface area contributed by atoms with Crippen molar-refractivity contribution in [3.8, 4) is 0 Å². The van der Waals surface area contributed by atoms with E-state index in [4.69, 9.17) is 10.2 Å². The van der Waals surface area contributed by atoms with Crippen LogP contribution in [0.2, 0.25) is 0 Å². The summed E-state index contributed by atoms with van der Waals surface area (Å²) in [5.41, 5.74) is 0. The molecule has 0 amide bonds. The maximum atomic E-state index is 9.55. The summed E-state index contributed by atoms with van der Waals surface area (Å²) in [6, 6.07) is 0. The van der Waals surface area contributed by atoms with E-state index in [9.17, 15) is 9.59 Å². The van der Waals surface area contributed by atoms with Crippen LogP contribution in [0, 0.1) is 0 Å². The minimum atomic E-state index is -1.26. The monoisotopic (exact) mass is 236 g/mol. The zero-order chi connectivity index (χ0) is 6.57. The van der Waals surface area contributed by atoms with Crippen LogP contribution in [0.5, 0.6) is 0 Å². The molecule has 48 valence electrons. The molecule has 4 nitrogen and oxygen atoms in total. The van der Waals surface area contributed by atoms with Gasteiger partial charge in [-0.1, -0.05) is 0 Å². The van der Waals surface area contributed by atoms with E-state index in [2.05, 4.69) is 0 Å². The minimum Gasteiger partial charge on any atom is -0.478 e. The van der Waals surface area contributed by atoms with E-state index in [1.54, 1.807) is 0 Å². The molecule has 0 rings (SSSR count). The first-order chi connectivity index (χ1) is 3.63. The second-order valence-electron chi connectivity index (χ2n) is 1.01. The van der Waals surface area contributed by atoms with Crippen molar-refractivity contribution in [1.29, 1.82) is 0 Å². The molecule has 0 saturated carbocycles. The van der Waals surface area contributed by atoms with Crippen molar-refractivity contribution in [2.24, 2.45) is 0 Å². The quantitative estimate of drug-likeness (QED) is 0.491. The molecule has 0 aliphatic heterocycles. The van der Waals surface area contributed by atoms with E-state index < -0.39 is 11.9 Å². The Bertz CT molecular complexity index is 124. The predicted octanol–water partition coefficient (Wildman–Crippen LogP) is -0.669. The largest absolute Gasteiger partial charge is 0.478 e. The molecule has 0 bridgehead atoms. The normalized spacial score (nSPS) is 8.44. The van der Waals surface area contributed by atoms with E-state index in [1.165, 1.54) is 0 Å². The molecule has 2 N–H and O–H groups in total. The van der Waals surface area contributed by atoms with Gasteiger partial charge in [0.2, 0.25) is 0 Å². The van der Waals surface area contributed by atoms with Crippen LogP contribution in [0.15, 0.2) is 12.2 Å². The van der Waals surface area contributed by atoms with Crippen molar-refractivity contribution < 1.29 is 19.8 Å². The summed E-state index contributed by atoms with van der Waals surface area (Å²) in [4.78, 5) is 19.1. The van der Waals surface area contributed by atoms with Gasteiger partial charge in [-0.05, 0) is 0 Å². The van der Waals surface area contributed by atoms with Gasteiger partial charge in [-0.2, -0.15) is 0 Å². The Balaban J connectivity index is 0. The Morgan fingerprint density at radius 2 is 1.22 bits per heavy atom. The van der Waals surface area contributed by atoms with Gasteiger partial charge in [-0.3, -0.25) is 0 Å². The molecule has 0 fully saturated rings. The number of rotatable bonds is 2. The third kappa shape index (κ3) is 11.2. The van der Waals surface area contributed by atoms with Crippen molar-refractivity contribution in [2.45, 2.75) is 0 Å². The van der Waals surface area contributed by atoms with Gasteiger partial charge >= 0.3 is 11.9 Å². The third-order valence-corrected chi connectivity index (χ3v) is 0.368. The Morgan fingerprint density at radius 1 is 1.00 bits per heavy atom. The Morgan fingerprint density at radius 3 is 1.33 bits per heavy atom. The summed E-state index contributed by atoms with van der Waals surface area (Å²) in [5.74, 6) is -2.51. The molecule has 0 aromatic heterocycles. The van der Waals surface area contributed by atoms with E-state index in [1.807, 2.05) is 0 Å². The summed E-state index contributed by atoms with van der Waals surface area (Å²) < 4.78 is 0. The zero-order valence-electron chi connectivity index (χ0n) is 4.37. The zero-order valence-corrected chi connectivity index (χ0v) is 7.22. The fourth-order valence-electron chi connectivity index (χ4n) is 0.143. The molecule has 0 unspecified atom stereocenters. The van der Waals surface area contributed by atoms with Gasteiger partial charge < -0.3 is 10.2 Å². The van der Waals surface area contributed by atoms with Gasteiger partial charge in [0.15, 0.2) is 0 Å². The number of aliphatic carboxylic acids is 2. The van der Waals surface area contributed by atoms with Crippen LogP contribution < -0.4 is 0 Å². The number of carbonyl (C=O) groups is 2. The average Bonchev–Trinajstić information content (AvgIpc) is 1.61. The first-order valence-electron chi connectivity index (χ1n) is 1.77. The van der Waals surface area contributed by atoms with E-state index in [-0.39, 0.29) is 23.9 Å². The van der Waals surface area contributed by atoms with Gasteiger partial charge in [0.1, 0.15) is 0 Å². The molecule has 0 atom stereocenters. The first kappa shape index (κ1) is 11.3. The smallest absolute Gasteiger partial charge is 0.328 e. The molecule has 9 heavy (non-hydrogen) atoms. The van der Waals surface area contributed by atoms with Crippen LogP contribution in [-0.4, -0.2) is 46.1 Å². The topological polar surface area (TPSA) is 74.6 Å². The summed E-state index contributed by atoms with van der Waals surface area (Å²) in [5, 5.41) is 15.6. The number of hydrogen-bond donors (Lipinski definition) is 2. The fraction of sp³-hybridized carbons (Fsp3) is 0. The molecule has 0 heterocycles. The third-order valence-electron chi connectivity index (χ3n) is 0.368. The van der Waals surface area contributed by atoms with E-state index >= 15 is 0 Å². The van der Waals surface area contributed by atoms with Crippen molar-refractivity contribution in [1.82, 2.24) is 0 Å². The fourth-order valence-corrected chi connectivity index (χ4v) is 0.143. The molecule has 4 radical (unpaired) electrons. The maximum absolute atomic E-state index is 9.55. The number of hydrogen-bond acceptors (Lipinski definition) is 2. The first-order valence-corrected chi connectivity index (χ1v) is 1.77. The van der Waals surface area contributed by atoms with Crippen molar-refractivity contribution >= 4 is 35.8 Å². The van der Waals surface area contributed by atoms with Crippen molar-refractivity contribution in [2.75, 3.05) is 0 Å². The van der Waals surface area contributed by atoms with Gasteiger partial charge in [0.25, 0.3) is 0 Å². The number of carboxylic acid groups (broad SMARTS) is 2. The van der Waals surface area contributed by atoms with E-state index in [0.717, 1.165) is 0 Å². The Hall–Kier alpha value is -0.521. The molecule has 0 aromatic rings. The molecular weight excluding hydrogens is 231 g/mol. The molecule has 0 aromatic carbocycles. The van der Waals surface area contributed by atoms with Gasteiger partial charge in [-0.25, -0.2) is 9.59 Å². The van der Waals surface area contributed by atoms with Crippen LogP contribution in [0.1, 0.15) is 0 Å². The molecular formula is C4H4O4Sn. The summed E-state index contributed by atoms with van der Waals surface area (Å²) >= 11 is 0. The van der Waals surface area contributed by atoms with Gasteiger partial charge in [0.05, 0.1) is 0 Å². The van der Waals surface area contributed by atoms with Crippen molar-refractivity contribution in [3.05, 3.63) is 12.2 Å². The molecule has 5 heteroatoms. The van der Waals surface area contributed by atoms with Crippen LogP contribution in [0.3, 0.4) is 0 Å². The summed E-state index contributed by atoms with van der Waals surface area (Å²) in [7, 11) is 0. The molecule has 0 saturated heterocycles. The molecule has 0 aliphatic rings. The average molecular weight is 235 g/mol. The summed E-state index contributed by atoms with van der Waals surface area (Å²) in [6.07, 6.45) is 1.12. The Labute approximate surface area is 68.1 Å². The maximum Gasteiger partial charge on any atom is 0.328 e.